The van der Waals surface area contributed by atoms with E-state index in [0.29, 0.717) is 25.0 Å². The van der Waals surface area contributed by atoms with Gasteiger partial charge in [0.05, 0.1) is 0 Å². The lowest BCUT2D eigenvalue weighted by Gasteiger charge is -2.14. The molecule has 2 heterocycles. The van der Waals surface area contributed by atoms with Crippen molar-refractivity contribution < 1.29 is 4.79 Å². The van der Waals surface area contributed by atoms with E-state index in [9.17, 15) is 9.59 Å². The lowest BCUT2D eigenvalue weighted by atomic mass is 10.1. The summed E-state index contributed by atoms with van der Waals surface area (Å²) in [5.74, 6) is -0.0137. The Morgan fingerprint density at radius 3 is 2.67 bits per heavy atom. The minimum absolute atomic E-state index is 0.0137. The molecule has 0 saturated carbocycles. The minimum Gasteiger partial charge on any atom is -0.353 e. The first-order valence-electron chi connectivity index (χ1n) is 8.13. The van der Waals surface area contributed by atoms with Crippen molar-refractivity contribution in [3.05, 3.63) is 57.0 Å². The molecule has 0 unspecified atom stereocenters. The zero-order valence-electron chi connectivity index (χ0n) is 14.6. The lowest BCUT2D eigenvalue weighted by Crippen LogP contribution is -2.34. The van der Waals surface area contributed by atoms with Crippen LogP contribution in [0.3, 0.4) is 0 Å². The van der Waals surface area contributed by atoms with Gasteiger partial charge in [0.25, 0.3) is 0 Å². The number of amides is 1. The number of aromatic nitrogens is 3. The van der Waals surface area contributed by atoms with Gasteiger partial charge in [-0.25, -0.2) is 4.79 Å². The SMILES string of the molecule is Cc1cccc(C[C@H](C)NC(=O)CCc2c(C)nc(=O)[nH]c2C)n1. The van der Waals surface area contributed by atoms with E-state index in [1.54, 1.807) is 6.92 Å². The van der Waals surface area contributed by atoms with E-state index in [0.717, 1.165) is 22.6 Å². The van der Waals surface area contributed by atoms with E-state index in [1.165, 1.54) is 0 Å². The molecule has 6 heteroatoms. The van der Waals surface area contributed by atoms with Crippen molar-refractivity contribution in [2.24, 2.45) is 0 Å². The van der Waals surface area contributed by atoms with Crippen molar-refractivity contribution in [2.75, 3.05) is 0 Å². The van der Waals surface area contributed by atoms with Gasteiger partial charge >= 0.3 is 5.69 Å². The second kappa shape index (κ2) is 7.86. The molecular formula is C18H24N4O2. The number of carbonyl (C=O) groups excluding carboxylic acids is 1. The molecule has 0 saturated heterocycles. The normalized spacial score (nSPS) is 12.0. The molecule has 0 spiro atoms. The first-order valence-corrected chi connectivity index (χ1v) is 8.13. The van der Waals surface area contributed by atoms with E-state index in [4.69, 9.17) is 0 Å². The molecule has 128 valence electrons. The number of aromatic amines is 1. The van der Waals surface area contributed by atoms with E-state index >= 15 is 0 Å². The van der Waals surface area contributed by atoms with Crippen molar-refractivity contribution >= 4 is 5.91 Å². The van der Waals surface area contributed by atoms with Crippen molar-refractivity contribution in [3.8, 4) is 0 Å². The quantitative estimate of drug-likeness (QED) is 0.846. The van der Waals surface area contributed by atoms with Gasteiger partial charge in [-0.15, -0.1) is 0 Å². The maximum atomic E-state index is 12.1. The molecule has 2 aromatic heterocycles. The third-order valence-corrected chi connectivity index (χ3v) is 3.92. The summed E-state index contributed by atoms with van der Waals surface area (Å²) >= 11 is 0. The molecule has 0 radical (unpaired) electrons. The average Bonchev–Trinajstić information content (AvgIpc) is 2.45. The van der Waals surface area contributed by atoms with E-state index < -0.39 is 0 Å². The number of aryl methyl sites for hydroxylation is 3. The molecule has 2 aromatic rings. The second-order valence-corrected chi connectivity index (χ2v) is 6.17. The first kappa shape index (κ1) is 17.8. The Bertz CT molecular complexity index is 757. The van der Waals surface area contributed by atoms with Crippen LogP contribution in [0.4, 0.5) is 0 Å². The monoisotopic (exact) mass is 328 g/mol. The van der Waals surface area contributed by atoms with Gasteiger partial charge in [0.2, 0.25) is 5.91 Å². The minimum atomic E-state index is -0.350. The number of rotatable bonds is 6. The largest absolute Gasteiger partial charge is 0.353 e. The molecule has 2 N–H and O–H groups in total. The van der Waals surface area contributed by atoms with Crippen LogP contribution < -0.4 is 11.0 Å². The van der Waals surface area contributed by atoms with Gasteiger partial charge in [0.1, 0.15) is 0 Å². The van der Waals surface area contributed by atoms with Gasteiger partial charge in [0, 0.05) is 41.7 Å². The Kier molecular flexibility index (Phi) is 5.84. The Hall–Kier alpha value is -2.50. The molecule has 0 aromatic carbocycles. The summed E-state index contributed by atoms with van der Waals surface area (Å²) in [7, 11) is 0. The van der Waals surface area contributed by atoms with Crippen LogP contribution in [0.2, 0.25) is 0 Å². The van der Waals surface area contributed by atoms with Gasteiger partial charge < -0.3 is 10.3 Å². The third kappa shape index (κ3) is 5.01. The second-order valence-electron chi connectivity index (χ2n) is 6.17. The summed E-state index contributed by atoms with van der Waals surface area (Å²) in [5, 5.41) is 3.00. The predicted molar refractivity (Wildman–Crippen MR) is 92.9 cm³/mol. The van der Waals surface area contributed by atoms with Crippen molar-refractivity contribution in [2.45, 2.75) is 53.0 Å². The standard InChI is InChI=1S/C18H24N4O2/c1-11-6-5-7-15(19-11)10-12(2)20-17(23)9-8-16-13(3)21-18(24)22-14(16)4/h5-7,12H,8-10H2,1-4H3,(H,20,23)(H,21,22,24)/t12-/m0/s1. The maximum Gasteiger partial charge on any atom is 0.345 e. The van der Waals surface area contributed by atoms with Crippen molar-refractivity contribution in [1.29, 1.82) is 0 Å². The first-order chi connectivity index (χ1) is 11.3. The van der Waals surface area contributed by atoms with Crippen LogP contribution in [0.15, 0.2) is 23.0 Å². The summed E-state index contributed by atoms with van der Waals surface area (Å²) < 4.78 is 0. The maximum absolute atomic E-state index is 12.1. The highest BCUT2D eigenvalue weighted by Gasteiger charge is 2.12. The van der Waals surface area contributed by atoms with Gasteiger partial charge in [0.15, 0.2) is 0 Å². The molecule has 0 fully saturated rings. The number of nitrogens with one attached hydrogen (secondary N) is 2. The zero-order valence-corrected chi connectivity index (χ0v) is 14.6. The van der Waals surface area contributed by atoms with Crippen molar-refractivity contribution in [3.63, 3.8) is 0 Å². The number of H-pyrrole nitrogens is 1. The summed E-state index contributed by atoms with van der Waals surface area (Å²) in [4.78, 5) is 34.5. The van der Waals surface area contributed by atoms with E-state index in [2.05, 4.69) is 20.3 Å². The molecule has 6 nitrogen and oxygen atoms in total. The highest BCUT2D eigenvalue weighted by molar-refractivity contribution is 5.76. The number of hydrogen-bond acceptors (Lipinski definition) is 4. The predicted octanol–water partition coefficient (Wildman–Crippen LogP) is 1.77. The van der Waals surface area contributed by atoms with Crippen LogP contribution in [0.1, 0.15) is 41.7 Å². The Labute approximate surface area is 141 Å². The lowest BCUT2D eigenvalue weighted by molar-refractivity contribution is -0.121. The van der Waals surface area contributed by atoms with Gasteiger partial charge in [-0.3, -0.25) is 9.78 Å². The van der Waals surface area contributed by atoms with E-state index in [1.807, 2.05) is 39.0 Å². The summed E-state index contributed by atoms with van der Waals surface area (Å²) in [6.45, 7) is 7.55. The molecule has 24 heavy (non-hydrogen) atoms. The topological polar surface area (TPSA) is 87.7 Å². The summed E-state index contributed by atoms with van der Waals surface area (Å²) in [6, 6.07) is 5.91. The molecule has 2 rings (SSSR count). The van der Waals surface area contributed by atoms with Gasteiger partial charge in [-0.1, -0.05) is 6.07 Å². The Morgan fingerprint density at radius 2 is 2.00 bits per heavy atom. The Morgan fingerprint density at radius 1 is 1.25 bits per heavy atom. The van der Waals surface area contributed by atoms with E-state index in [-0.39, 0.29) is 17.6 Å². The van der Waals surface area contributed by atoms with Crippen LogP contribution >= 0.6 is 0 Å². The number of nitrogens with zero attached hydrogens (tertiary/aromatic N) is 2. The number of pyridine rings is 1. The van der Waals surface area contributed by atoms with Crippen LogP contribution in [-0.4, -0.2) is 26.9 Å². The molecule has 1 amide bonds. The summed E-state index contributed by atoms with van der Waals surface area (Å²) in [6.07, 6.45) is 1.62. The highest BCUT2D eigenvalue weighted by Crippen LogP contribution is 2.10. The van der Waals surface area contributed by atoms with Gasteiger partial charge in [-0.05, 0) is 51.8 Å². The van der Waals surface area contributed by atoms with Gasteiger partial charge in [-0.2, -0.15) is 4.98 Å². The highest BCUT2D eigenvalue weighted by atomic mass is 16.1. The number of hydrogen-bond donors (Lipinski definition) is 2. The molecule has 0 aliphatic heterocycles. The number of carbonyl (C=O) groups is 1. The molecule has 0 bridgehead atoms. The molecular weight excluding hydrogens is 304 g/mol. The Balaban J connectivity index is 1.88. The van der Waals surface area contributed by atoms with Crippen LogP contribution in [0, 0.1) is 20.8 Å². The van der Waals surface area contributed by atoms with Crippen molar-refractivity contribution in [1.82, 2.24) is 20.3 Å². The fourth-order valence-corrected chi connectivity index (χ4v) is 2.79. The molecule has 0 aliphatic rings. The zero-order chi connectivity index (χ0) is 17.7. The smallest absolute Gasteiger partial charge is 0.345 e. The average molecular weight is 328 g/mol. The van der Waals surface area contributed by atoms with Crippen LogP contribution in [0.25, 0.3) is 0 Å². The van der Waals surface area contributed by atoms with Crippen LogP contribution in [0.5, 0.6) is 0 Å². The fourth-order valence-electron chi connectivity index (χ4n) is 2.79. The van der Waals surface area contributed by atoms with Crippen LogP contribution in [-0.2, 0) is 17.6 Å². The summed E-state index contributed by atoms with van der Waals surface area (Å²) in [5.41, 5.74) is 3.98. The molecule has 0 aliphatic carbocycles. The third-order valence-electron chi connectivity index (χ3n) is 3.92. The fraction of sp³-hybridized carbons (Fsp3) is 0.444. The molecule has 1 atom stereocenters.